The second-order valence-electron chi connectivity index (χ2n) is 4.76. The van der Waals surface area contributed by atoms with E-state index in [1.807, 2.05) is 0 Å². The molecule has 1 nitrogen and oxygen atoms in total. The predicted octanol–water partition coefficient (Wildman–Crippen LogP) is 2.56. The summed E-state index contributed by atoms with van der Waals surface area (Å²) in [6.45, 7) is 4.58. The van der Waals surface area contributed by atoms with Crippen LogP contribution in [0.4, 0.5) is 0 Å². The summed E-state index contributed by atoms with van der Waals surface area (Å²) in [6.07, 6.45) is 7.28. The van der Waals surface area contributed by atoms with E-state index in [4.69, 9.17) is 0 Å². The molecule has 0 aromatic heterocycles. The largest absolute Gasteiger partial charge is 0.311 e. The van der Waals surface area contributed by atoms with Crippen LogP contribution in [0, 0.1) is 11.8 Å². The van der Waals surface area contributed by atoms with Crippen molar-refractivity contribution < 1.29 is 0 Å². The third-order valence-electron chi connectivity index (χ3n) is 3.85. The molecule has 2 fully saturated rings. The van der Waals surface area contributed by atoms with Crippen LogP contribution >= 0.6 is 0 Å². The van der Waals surface area contributed by atoms with Gasteiger partial charge in [0.1, 0.15) is 0 Å². The Morgan fingerprint density at radius 3 is 2.67 bits per heavy atom. The molecule has 0 saturated heterocycles. The van der Waals surface area contributed by atoms with Gasteiger partial charge < -0.3 is 5.32 Å². The Hall–Kier alpha value is -0.0400. The Morgan fingerprint density at radius 2 is 2.17 bits per heavy atom. The van der Waals surface area contributed by atoms with Crippen LogP contribution in [0.1, 0.15) is 46.0 Å². The summed E-state index contributed by atoms with van der Waals surface area (Å²) >= 11 is 0. The molecule has 0 aliphatic heterocycles. The lowest BCUT2D eigenvalue weighted by molar-refractivity contribution is 0.321. The van der Waals surface area contributed by atoms with E-state index in [1.54, 1.807) is 0 Å². The van der Waals surface area contributed by atoms with Gasteiger partial charge in [0, 0.05) is 12.1 Å². The predicted molar refractivity (Wildman–Crippen MR) is 52.1 cm³/mol. The molecule has 2 rings (SSSR count). The second-order valence-corrected chi connectivity index (χ2v) is 4.76. The van der Waals surface area contributed by atoms with Gasteiger partial charge in [-0.25, -0.2) is 0 Å². The van der Waals surface area contributed by atoms with E-state index >= 15 is 0 Å². The molecule has 2 aliphatic rings. The summed E-state index contributed by atoms with van der Waals surface area (Å²) < 4.78 is 0. The Labute approximate surface area is 75.9 Å². The molecule has 0 spiro atoms. The van der Waals surface area contributed by atoms with Crippen molar-refractivity contribution in [2.24, 2.45) is 11.8 Å². The maximum atomic E-state index is 3.76. The van der Waals surface area contributed by atoms with E-state index in [-0.39, 0.29) is 0 Å². The fourth-order valence-electron chi connectivity index (χ4n) is 2.93. The van der Waals surface area contributed by atoms with Crippen LogP contribution < -0.4 is 5.32 Å². The summed E-state index contributed by atoms with van der Waals surface area (Å²) in [5, 5.41) is 3.76. The molecule has 0 amide bonds. The average Bonchev–Trinajstić information content (AvgIpc) is 2.64. The molecule has 0 heterocycles. The first-order valence-electron chi connectivity index (χ1n) is 5.55. The maximum absolute atomic E-state index is 3.76. The van der Waals surface area contributed by atoms with Crippen LogP contribution in [-0.2, 0) is 0 Å². The average molecular weight is 167 g/mol. The number of hydrogen-bond donors (Lipinski definition) is 1. The molecule has 0 aromatic rings. The van der Waals surface area contributed by atoms with Crippen molar-refractivity contribution in [3.8, 4) is 0 Å². The summed E-state index contributed by atoms with van der Waals surface area (Å²) in [5.41, 5.74) is 0. The minimum atomic E-state index is 0.731. The van der Waals surface area contributed by atoms with E-state index in [9.17, 15) is 0 Å². The monoisotopic (exact) mass is 167 g/mol. The highest BCUT2D eigenvalue weighted by molar-refractivity contribution is 4.94. The molecule has 2 bridgehead atoms. The van der Waals surface area contributed by atoms with Crippen LogP contribution in [0.15, 0.2) is 0 Å². The number of rotatable bonds is 3. The number of hydrogen-bond acceptors (Lipinski definition) is 1. The molecule has 2 saturated carbocycles. The van der Waals surface area contributed by atoms with Gasteiger partial charge in [-0.1, -0.05) is 13.3 Å². The van der Waals surface area contributed by atoms with Gasteiger partial charge in [-0.15, -0.1) is 0 Å². The van der Waals surface area contributed by atoms with Crippen molar-refractivity contribution in [2.75, 3.05) is 0 Å². The lowest BCUT2D eigenvalue weighted by atomic mass is 9.94. The van der Waals surface area contributed by atoms with Gasteiger partial charge in [0.2, 0.25) is 0 Å². The Bertz CT molecular complexity index is 155. The normalized spacial score (nSPS) is 42.0. The SMILES string of the molecule is CC[C@@H](C)N[C@H]1C[C@H]2CC[C@H]1C2. The van der Waals surface area contributed by atoms with Crippen molar-refractivity contribution in [1.82, 2.24) is 5.32 Å². The molecule has 0 radical (unpaired) electrons. The summed E-state index contributed by atoms with van der Waals surface area (Å²) in [7, 11) is 0. The number of fused-ring (bicyclic) bond motifs is 2. The molecule has 2 aliphatic carbocycles. The third-order valence-corrected chi connectivity index (χ3v) is 3.85. The highest BCUT2D eigenvalue weighted by Crippen LogP contribution is 2.44. The van der Waals surface area contributed by atoms with Gasteiger partial charge in [0.25, 0.3) is 0 Å². The molecule has 0 unspecified atom stereocenters. The zero-order valence-corrected chi connectivity index (χ0v) is 8.34. The molecule has 1 heteroatoms. The molecule has 0 aromatic carbocycles. The maximum Gasteiger partial charge on any atom is 0.0100 e. The van der Waals surface area contributed by atoms with Gasteiger partial charge >= 0.3 is 0 Å². The quantitative estimate of drug-likeness (QED) is 0.681. The Balaban J connectivity index is 1.82. The van der Waals surface area contributed by atoms with Crippen molar-refractivity contribution in [3.05, 3.63) is 0 Å². The number of nitrogens with one attached hydrogen (secondary N) is 1. The van der Waals surface area contributed by atoms with Crippen LogP contribution in [0.5, 0.6) is 0 Å². The molecule has 12 heavy (non-hydrogen) atoms. The lowest BCUT2D eigenvalue weighted by Crippen LogP contribution is -2.39. The first-order chi connectivity index (χ1) is 5.79. The molecule has 1 N–H and O–H groups in total. The van der Waals surface area contributed by atoms with Crippen LogP contribution in [-0.4, -0.2) is 12.1 Å². The fraction of sp³-hybridized carbons (Fsp3) is 1.00. The lowest BCUT2D eigenvalue weighted by Gasteiger charge is -2.26. The van der Waals surface area contributed by atoms with Gasteiger partial charge in [-0.2, -0.15) is 0 Å². The smallest absolute Gasteiger partial charge is 0.0100 e. The first kappa shape index (κ1) is 8.55. The minimum Gasteiger partial charge on any atom is -0.311 e. The van der Waals surface area contributed by atoms with Crippen LogP contribution in [0.25, 0.3) is 0 Å². The van der Waals surface area contributed by atoms with Crippen LogP contribution in [0.2, 0.25) is 0 Å². The fourth-order valence-corrected chi connectivity index (χ4v) is 2.93. The highest BCUT2D eigenvalue weighted by Gasteiger charge is 2.39. The molecular formula is C11H21N. The van der Waals surface area contributed by atoms with Gasteiger partial charge in [-0.05, 0) is 44.4 Å². The highest BCUT2D eigenvalue weighted by atomic mass is 15.0. The topological polar surface area (TPSA) is 12.0 Å². The summed E-state index contributed by atoms with van der Waals surface area (Å²) in [6, 6.07) is 1.60. The zero-order chi connectivity index (χ0) is 8.55. The van der Waals surface area contributed by atoms with Crippen molar-refractivity contribution in [2.45, 2.75) is 58.0 Å². The van der Waals surface area contributed by atoms with Gasteiger partial charge in [0.15, 0.2) is 0 Å². The first-order valence-corrected chi connectivity index (χ1v) is 5.55. The van der Waals surface area contributed by atoms with Crippen LogP contribution in [0.3, 0.4) is 0 Å². The minimum absolute atomic E-state index is 0.731. The summed E-state index contributed by atoms with van der Waals surface area (Å²) in [4.78, 5) is 0. The zero-order valence-electron chi connectivity index (χ0n) is 8.34. The summed E-state index contributed by atoms with van der Waals surface area (Å²) in [5.74, 6) is 2.11. The van der Waals surface area contributed by atoms with E-state index in [2.05, 4.69) is 19.2 Å². The Morgan fingerprint density at radius 1 is 1.33 bits per heavy atom. The van der Waals surface area contributed by atoms with Gasteiger partial charge in [-0.3, -0.25) is 0 Å². The molecule has 70 valence electrons. The second kappa shape index (κ2) is 3.37. The van der Waals surface area contributed by atoms with Crippen molar-refractivity contribution >= 4 is 0 Å². The van der Waals surface area contributed by atoms with Crippen molar-refractivity contribution in [3.63, 3.8) is 0 Å². The Kier molecular flexibility index (Phi) is 2.40. The molecular weight excluding hydrogens is 146 g/mol. The van der Waals surface area contributed by atoms with Crippen molar-refractivity contribution in [1.29, 1.82) is 0 Å². The van der Waals surface area contributed by atoms with E-state index in [0.29, 0.717) is 0 Å². The van der Waals surface area contributed by atoms with E-state index in [1.165, 1.54) is 32.1 Å². The standard InChI is InChI=1S/C11H21N/c1-3-8(2)12-11-7-9-4-5-10(11)6-9/h8-12H,3-7H2,1-2H3/t8-,9+,10+,11+/m1/s1. The molecule has 4 atom stereocenters. The third kappa shape index (κ3) is 1.52. The van der Waals surface area contributed by atoms with E-state index < -0.39 is 0 Å². The van der Waals surface area contributed by atoms with Gasteiger partial charge in [0.05, 0.1) is 0 Å². The van der Waals surface area contributed by atoms with E-state index in [0.717, 1.165) is 23.9 Å².